The highest BCUT2D eigenvalue weighted by atomic mass is 16.2. The molecule has 2 rings (SSSR count). The molecule has 4 heteroatoms. The van der Waals surface area contributed by atoms with E-state index in [-0.39, 0.29) is 5.91 Å². The fraction of sp³-hybridized carbons (Fsp3) is 0.588. The Bertz CT molecular complexity index is 499. The summed E-state index contributed by atoms with van der Waals surface area (Å²) in [6.45, 7) is 3.96. The van der Waals surface area contributed by atoms with Crippen LogP contribution >= 0.6 is 0 Å². The average molecular weight is 289 g/mol. The van der Waals surface area contributed by atoms with E-state index in [1.54, 1.807) is 6.07 Å². The number of nitrogens with zero attached hydrogens (tertiary/aromatic N) is 2. The first-order chi connectivity index (χ1) is 10.0. The lowest BCUT2D eigenvalue weighted by Gasteiger charge is -2.24. The van der Waals surface area contributed by atoms with E-state index in [9.17, 15) is 4.79 Å². The predicted molar refractivity (Wildman–Crippen MR) is 88.7 cm³/mol. The van der Waals surface area contributed by atoms with Gasteiger partial charge in [0.25, 0.3) is 5.91 Å². The molecule has 2 N–H and O–H groups in total. The second-order valence-corrected chi connectivity index (χ2v) is 6.17. The Morgan fingerprint density at radius 1 is 1.33 bits per heavy atom. The van der Waals surface area contributed by atoms with Gasteiger partial charge < -0.3 is 15.5 Å². The van der Waals surface area contributed by atoms with Crippen LogP contribution in [0.1, 0.15) is 43.0 Å². The Morgan fingerprint density at radius 2 is 2.10 bits per heavy atom. The van der Waals surface area contributed by atoms with Gasteiger partial charge in [-0.05, 0) is 43.4 Å². The van der Waals surface area contributed by atoms with Crippen LogP contribution in [-0.2, 0) is 0 Å². The minimum absolute atomic E-state index is 0.114. The van der Waals surface area contributed by atoms with Crippen LogP contribution < -0.4 is 10.6 Å². The number of hydrogen-bond donors (Lipinski definition) is 1. The molecule has 0 saturated carbocycles. The molecule has 1 atom stereocenters. The number of amides is 1. The number of anilines is 2. The lowest BCUT2D eigenvalue weighted by Crippen LogP contribution is -2.33. The second kappa shape index (κ2) is 6.83. The van der Waals surface area contributed by atoms with Gasteiger partial charge in [0.05, 0.1) is 5.56 Å². The molecule has 0 bridgehead atoms. The van der Waals surface area contributed by atoms with E-state index in [1.165, 1.54) is 12.8 Å². The van der Waals surface area contributed by atoms with E-state index in [0.717, 1.165) is 43.1 Å². The predicted octanol–water partition coefficient (Wildman–Crippen LogP) is 2.99. The fourth-order valence-corrected chi connectivity index (χ4v) is 3.06. The van der Waals surface area contributed by atoms with Crippen LogP contribution in [-0.4, -0.2) is 38.0 Å². The van der Waals surface area contributed by atoms with Gasteiger partial charge in [-0.15, -0.1) is 0 Å². The van der Waals surface area contributed by atoms with Gasteiger partial charge >= 0.3 is 0 Å². The maximum Gasteiger partial charge on any atom is 0.256 e. The molecule has 1 aromatic rings. The second-order valence-electron chi connectivity index (χ2n) is 6.17. The van der Waals surface area contributed by atoms with Crippen molar-refractivity contribution in [3.05, 3.63) is 23.8 Å². The monoisotopic (exact) mass is 289 g/mol. The lowest BCUT2D eigenvalue weighted by molar-refractivity contribution is 0.0760. The number of rotatable bonds is 3. The van der Waals surface area contributed by atoms with E-state index in [1.807, 2.05) is 36.0 Å². The molecule has 1 heterocycles. The minimum Gasteiger partial charge on any atom is -0.399 e. The van der Waals surface area contributed by atoms with Crippen molar-refractivity contribution in [1.82, 2.24) is 4.90 Å². The SMILES string of the molecule is CCC1CCCN(C(=O)c2cc(N)ccc2N(C)C)CC1. The highest BCUT2D eigenvalue weighted by Crippen LogP contribution is 2.26. The van der Waals surface area contributed by atoms with Crippen LogP contribution in [0.2, 0.25) is 0 Å². The quantitative estimate of drug-likeness (QED) is 0.870. The van der Waals surface area contributed by atoms with Crippen LogP contribution in [0.15, 0.2) is 18.2 Å². The smallest absolute Gasteiger partial charge is 0.256 e. The Morgan fingerprint density at radius 3 is 2.76 bits per heavy atom. The summed E-state index contributed by atoms with van der Waals surface area (Å²) in [7, 11) is 3.91. The summed E-state index contributed by atoms with van der Waals surface area (Å²) in [5, 5.41) is 0. The summed E-state index contributed by atoms with van der Waals surface area (Å²) in [6, 6.07) is 5.58. The number of likely N-dealkylation sites (tertiary alicyclic amines) is 1. The molecule has 1 unspecified atom stereocenters. The van der Waals surface area contributed by atoms with Crippen molar-refractivity contribution in [2.24, 2.45) is 5.92 Å². The molecule has 1 aliphatic heterocycles. The standard InChI is InChI=1S/C17H27N3O/c1-4-13-6-5-10-20(11-9-13)17(21)15-12-14(18)7-8-16(15)19(2)3/h7-8,12-13H,4-6,9-11,18H2,1-3H3. The van der Waals surface area contributed by atoms with Crippen molar-refractivity contribution >= 4 is 17.3 Å². The maximum absolute atomic E-state index is 12.9. The van der Waals surface area contributed by atoms with Gasteiger partial charge in [0.1, 0.15) is 0 Å². The maximum atomic E-state index is 12.9. The molecule has 1 saturated heterocycles. The average Bonchev–Trinajstić information content (AvgIpc) is 2.71. The van der Waals surface area contributed by atoms with Crippen LogP contribution in [0.3, 0.4) is 0 Å². The van der Waals surface area contributed by atoms with Crippen LogP contribution in [0, 0.1) is 5.92 Å². The van der Waals surface area contributed by atoms with Crippen molar-refractivity contribution in [2.45, 2.75) is 32.6 Å². The Kier molecular flexibility index (Phi) is 5.10. The van der Waals surface area contributed by atoms with Gasteiger partial charge in [0.15, 0.2) is 0 Å². The Labute approximate surface area is 127 Å². The third kappa shape index (κ3) is 3.69. The molecule has 4 nitrogen and oxygen atoms in total. The number of nitrogens with two attached hydrogens (primary N) is 1. The number of carbonyl (C=O) groups excluding carboxylic acids is 1. The summed E-state index contributed by atoms with van der Waals surface area (Å²) < 4.78 is 0. The third-order valence-corrected chi connectivity index (χ3v) is 4.45. The third-order valence-electron chi connectivity index (χ3n) is 4.45. The number of carbonyl (C=O) groups is 1. The minimum atomic E-state index is 0.114. The largest absolute Gasteiger partial charge is 0.399 e. The van der Waals surface area contributed by atoms with E-state index >= 15 is 0 Å². The number of hydrogen-bond acceptors (Lipinski definition) is 3. The van der Waals surface area contributed by atoms with E-state index < -0.39 is 0 Å². The van der Waals surface area contributed by atoms with Gasteiger partial charge in [-0.25, -0.2) is 0 Å². The van der Waals surface area contributed by atoms with Gasteiger partial charge in [-0.3, -0.25) is 4.79 Å². The van der Waals surface area contributed by atoms with Crippen molar-refractivity contribution in [2.75, 3.05) is 37.8 Å². The van der Waals surface area contributed by atoms with E-state index in [0.29, 0.717) is 5.69 Å². The molecule has 21 heavy (non-hydrogen) atoms. The molecule has 1 fully saturated rings. The first-order valence-electron chi connectivity index (χ1n) is 7.89. The molecular formula is C17H27N3O. The molecular weight excluding hydrogens is 262 g/mol. The van der Waals surface area contributed by atoms with Crippen molar-refractivity contribution in [3.63, 3.8) is 0 Å². The normalized spacial score (nSPS) is 19.2. The van der Waals surface area contributed by atoms with Crippen LogP contribution in [0.4, 0.5) is 11.4 Å². The topological polar surface area (TPSA) is 49.6 Å². The number of benzene rings is 1. The van der Waals surface area contributed by atoms with Crippen LogP contribution in [0.5, 0.6) is 0 Å². The van der Waals surface area contributed by atoms with E-state index in [4.69, 9.17) is 5.73 Å². The van der Waals surface area contributed by atoms with Gasteiger partial charge in [-0.1, -0.05) is 13.3 Å². The van der Waals surface area contributed by atoms with Crippen molar-refractivity contribution < 1.29 is 4.79 Å². The molecule has 1 amide bonds. The molecule has 0 aliphatic carbocycles. The Hall–Kier alpha value is -1.71. The first-order valence-corrected chi connectivity index (χ1v) is 7.89. The van der Waals surface area contributed by atoms with E-state index in [2.05, 4.69) is 6.92 Å². The van der Waals surface area contributed by atoms with Gasteiger partial charge in [0, 0.05) is 38.6 Å². The highest BCUT2D eigenvalue weighted by Gasteiger charge is 2.23. The van der Waals surface area contributed by atoms with Crippen molar-refractivity contribution in [1.29, 1.82) is 0 Å². The van der Waals surface area contributed by atoms with Crippen LogP contribution in [0.25, 0.3) is 0 Å². The molecule has 0 spiro atoms. The summed E-state index contributed by atoms with van der Waals surface area (Å²) >= 11 is 0. The summed E-state index contributed by atoms with van der Waals surface area (Å²) in [6.07, 6.45) is 4.66. The van der Waals surface area contributed by atoms with Gasteiger partial charge in [-0.2, -0.15) is 0 Å². The first kappa shape index (κ1) is 15.7. The zero-order chi connectivity index (χ0) is 15.4. The van der Waals surface area contributed by atoms with Gasteiger partial charge in [0.2, 0.25) is 0 Å². The summed E-state index contributed by atoms with van der Waals surface area (Å²) in [5.74, 6) is 0.875. The lowest BCUT2D eigenvalue weighted by atomic mass is 9.98. The van der Waals surface area contributed by atoms with Crippen molar-refractivity contribution in [3.8, 4) is 0 Å². The molecule has 1 aromatic carbocycles. The zero-order valence-corrected chi connectivity index (χ0v) is 13.4. The number of nitrogen functional groups attached to an aromatic ring is 1. The molecule has 0 radical (unpaired) electrons. The fourth-order valence-electron chi connectivity index (χ4n) is 3.06. The Balaban J connectivity index is 2.21. The molecule has 0 aromatic heterocycles. The molecule has 116 valence electrons. The summed E-state index contributed by atoms with van der Waals surface area (Å²) in [4.78, 5) is 16.8. The zero-order valence-electron chi connectivity index (χ0n) is 13.4. The molecule has 1 aliphatic rings. The summed E-state index contributed by atoms with van der Waals surface area (Å²) in [5.41, 5.74) is 8.18. The highest BCUT2D eigenvalue weighted by molar-refractivity contribution is 6.00.